The second kappa shape index (κ2) is 5.56. The fraction of sp³-hybridized carbons (Fsp3) is 0.400. The zero-order chi connectivity index (χ0) is 11.4. The Bertz CT molecular complexity index is 344. The molecule has 0 saturated carbocycles. The number of hydrogen-bond acceptors (Lipinski definition) is 3. The van der Waals surface area contributed by atoms with Crippen molar-refractivity contribution < 1.29 is 10.2 Å². The van der Waals surface area contributed by atoms with Crippen molar-refractivity contribution in [3.05, 3.63) is 27.7 Å². The molecule has 1 aromatic rings. The predicted molar refractivity (Wildman–Crippen MR) is 62.8 cm³/mol. The summed E-state index contributed by atoms with van der Waals surface area (Å²) in [5, 5.41) is 21.8. The summed E-state index contributed by atoms with van der Waals surface area (Å²) in [5.74, 6) is 0. The summed E-state index contributed by atoms with van der Waals surface area (Å²) in [6, 6.07) is 3.47. The molecule has 0 aliphatic carbocycles. The van der Waals surface area contributed by atoms with E-state index in [1.807, 2.05) is 6.92 Å². The Hall–Kier alpha value is -0.480. The van der Waals surface area contributed by atoms with E-state index in [0.717, 1.165) is 11.3 Å². The second-order valence-electron chi connectivity index (χ2n) is 3.25. The molecule has 0 amide bonds. The summed E-state index contributed by atoms with van der Waals surface area (Å²) in [4.78, 5) is 0. The lowest BCUT2D eigenvalue weighted by molar-refractivity contribution is 0.105. The van der Waals surface area contributed by atoms with E-state index in [2.05, 4.69) is 5.32 Å². The standard InChI is InChI=1S/C10H13Cl2NO2/c1-6-9(13-4-7(15)5-14)3-2-8(11)10(6)12/h2-3,7,13-15H,4-5H2,1H3. The van der Waals surface area contributed by atoms with Crippen LogP contribution in [0.2, 0.25) is 10.0 Å². The number of nitrogens with one attached hydrogen (secondary N) is 1. The maximum atomic E-state index is 9.16. The smallest absolute Gasteiger partial charge is 0.0942 e. The highest BCUT2D eigenvalue weighted by Gasteiger charge is 2.07. The number of halogens is 2. The molecule has 3 nitrogen and oxygen atoms in total. The minimum atomic E-state index is -0.779. The number of aliphatic hydroxyl groups excluding tert-OH is 2. The van der Waals surface area contributed by atoms with Crippen molar-refractivity contribution in [3.8, 4) is 0 Å². The van der Waals surface area contributed by atoms with Gasteiger partial charge in [-0.25, -0.2) is 0 Å². The molecule has 1 aromatic carbocycles. The van der Waals surface area contributed by atoms with Crippen molar-refractivity contribution >= 4 is 28.9 Å². The Balaban J connectivity index is 2.74. The van der Waals surface area contributed by atoms with Crippen LogP contribution in [0.25, 0.3) is 0 Å². The largest absolute Gasteiger partial charge is 0.394 e. The number of benzene rings is 1. The van der Waals surface area contributed by atoms with Crippen molar-refractivity contribution in [1.29, 1.82) is 0 Å². The van der Waals surface area contributed by atoms with E-state index in [4.69, 9.17) is 33.4 Å². The van der Waals surface area contributed by atoms with Gasteiger partial charge in [-0.3, -0.25) is 0 Å². The average Bonchev–Trinajstić information content (AvgIpc) is 2.24. The van der Waals surface area contributed by atoms with Gasteiger partial charge < -0.3 is 15.5 Å². The molecule has 84 valence electrons. The maximum Gasteiger partial charge on any atom is 0.0942 e. The van der Waals surface area contributed by atoms with Gasteiger partial charge in [0.15, 0.2) is 0 Å². The molecule has 0 heterocycles. The summed E-state index contributed by atoms with van der Waals surface area (Å²) in [6.07, 6.45) is -0.779. The van der Waals surface area contributed by atoms with Crippen molar-refractivity contribution in [2.75, 3.05) is 18.5 Å². The van der Waals surface area contributed by atoms with E-state index >= 15 is 0 Å². The van der Waals surface area contributed by atoms with E-state index in [1.165, 1.54) is 0 Å². The lowest BCUT2D eigenvalue weighted by atomic mass is 10.2. The molecule has 3 N–H and O–H groups in total. The topological polar surface area (TPSA) is 52.5 Å². The highest BCUT2D eigenvalue weighted by Crippen LogP contribution is 2.30. The van der Waals surface area contributed by atoms with Gasteiger partial charge in [-0.1, -0.05) is 23.2 Å². The Morgan fingerprint density at radius 2 is 2.07 bits per heavy atom. The molecule has 0 aromatic heterocycles. The molecule has 0 radical (unpaired) electrons. The van der Waals surface area contributed by atoms with Gasteiger partial charge in [0.2, 0.25) is 0 Å². The number of anilines is 1. The molecular weight excluding hydrogens is 237 g/mol. The van der Waals surface area contributed by atoms with E-state index in [0.29, 0.717) is 10.0 Å². The van der Waals surface area contributed by atoms with Gasteiger partial charge in [0.25, 0.3) is 0 Å². The van der Waals surface area contributed by atoms with Crippen molar-refractivity contribution in [2.45, 2.75) is 13.0 Å². The third kappa shape index (κ3) is 3.24. The Morgan fingerprint density at radius 3 is 2.67 bits per heavy atom. The van der Waals surface area contributed by atoms with Crippen LogP contribution in [0, 0.1) is 6.92 Å². The Labute approximate surface area is 98.6 Å². The third-order valence-electron chi connectivity index (χ3n) is 2.08. The minimum Gasteiger partial charge on any atom is -0.394 e. The van der Waals surface area contributed by atoms with E-state index < -0.39 is 6.10 Å². The van der Waals surface area contributed by atoms with Gasteiger partial charge in [-0.05, 0) is 24.6 Å². The number of aliphatic hydroxyl groups is 2. The highest BCUT2D eigenvalue weighted by atomic mass is 35.5. The lowest BCUT2D eigenvalue weighted by Gasteiger charge is -2.13. The maximum absolute atomic E-state index is 9.16. The molecule has 0 bridgehead atoms. The number of rotatable bonds is 4. The van der Waals surface area contributed by atoms with Crippen LogP contribution >= 0.6 is 23.2 Å². The van der Waals surface area contributed by atoms with Crippen LogP contribution in [0.3, 0.4) is 0 Å². The summed E-state index contributed by atoms with van der Waals surface area (Å²) >= 11 is 11.8. The van der Waals surface area contributed by atoms with Crippen LogP contribution in [-0.2, 0) is 0 Å². The number of hydrogen-bond donors (Lipinski definition) is 3. The summed E-state index contributed by atoms with van der Waals surface area (Å²) in [6.45, 7) is 1.84. The van der Waals surface area contributed by atoms with E-state index in [-0.39, 0.29) is 13.2 Å². The first-order valence-electron chi connectivity index (χ1n) is 4.53. The molecule has 0 fully saturated rings. The van der Waals surface area contributed by atoms with Crippen LogP contribution in [-0.4, -0.2) is 29.5 Å². The molecular formula is C10H13Cl2NO2. The van der Waals surface area contributed by atoms with Crippen LogP contribution in [0.1, 0.15) is 5.56 Å². The van der Waals surface area contributed by atoms with Crippen LogP contribution in [0.4, 0.5) is 5.69 Å². The molecule has 0 spiro atoms. The van der Waals surface area contributed by atoms with Gasteiger partial charge in [0.1, 0.15) is 0 Å². The quantitative estimate of drug-likeness (QED) is 0.766. The highest BCUT2D eigenvalue weighted by molar-refractivity contribution is 6.42. The first-order chi connectivity index (χ1) is 7.06. The minimum absolute atomic E-state index is 0.270. The van der Waals surface area contributed by atoms with Crippen LogP contribution in [0.15, 0.2) is 12.1 Å². The first-order valence-corrected chi connectivity index (χ1v) is 5.29. The zero-order valence-electron chi connectivity index (χ0n) is 8.30. The summed E-state index contributed by atoms with van der Waals surface area (Å²) in [7, 11) is 0. The molecule has 0 saturated heterocycles. The molecule has 1 unspecified atom stereocenters. The van der Waals surface area contributed by atoms with Gasteiger partial charge in [0.05, 0.1) is 22.8 Å². The molecule has 15 heavy (non-hydrogen) atoms. The first kappa shape index (κ1) is 12.6. The molecule has 0 aliphatic rings. The average molecular weight is 250 g/mol. The molecule has 5 heteroatoms. The molecule has 1 atom stereocenters. The van der Waals surface area contributed by atoms with Gasteiger partial charge in [-0.15, -0.1) is 0 Å². The fourth-order valence-corrected chi connectivity index (χ4v) is 1.51. The normalized spacial score (nSPS) is 12.6. The van der Waals surface area contributed by atoms with Crippen LogP contribution < -0.4 is 5.32 Å². The lowest BCUT2D eigenvalue weighted by Crippen LogP contribution is -2.23. The summed E-state index contributed by atoms with van der Waals surface area (Å²) < 4.78 is 0. The van der Waals surface area contributed by atoms with Crippen molar-refractivity contribution in [3.63, 3.8) is 0 Å². The monoisotopic (exact) mass is 249 g/mol. The van der Waals surface area contributed by atoms with E-state index in [9.17, 15) is 0 Å². The van der Waals surface area contributed by atoms with Gasteiger partial charge in [-0.2, -0.15) is 0 Å². The second-order valence-corrected chi connectivity index (χ2v) is 4.04. The van der Waals surface area contributed by atoms with Crippen molar-refractivity contribution in [1.82, 2.24) is 0 Å². The zero-order valence-corrected chi connectivity index (χ0v) is 9.81. The van der Waals surface area contributed by atoms with Gasteiger partial charge >= 0.3 is 0 Å². The van der Waals surface area contributed by atoms with Gasteiger partial charge in [0, 0.05) is 12.2 Å². The molecule has 0 aliphatic heterocycles. The van der Waals surface area contributed by atoms with Crippen LogP contribution in [0.5, 0.6) is 0 Å². The molecule has 1 rings (SSSR count). The fourth-order valence-electron chi connectivity index (χ4n) is 1.14. The SMILES string of the molecule is Cc1c(NCC(O)CO)ccc(Cl)c1Cl. The summed E-state index contributed by atoms with van der Waals surface area (Å²) in [5.41, 5.74) is 1.63. The van der Waals surface area contributed by atoms with Crippen molar-refractivity contribution in [2.24, 2.45) is 0 Å². The third-order valence-corrected chi connectivity index (χ3v) is 2.98. The van der Waals surface area contributed by atoms with E-state index in [1.54, 1.807) is 12.1 Å². The Kier molecular flexibility index (Phi) is 4.67. The Morgan fingerprint density at radius 1 is 1.40 bits per heavy atom. The predicted octanol–water partition coefficient (Wildman–Crippen LogP) is 2.07.